The van der Waals surface area contributed by atoms with E-state index in [1.165, 1.54) is 17.4 Å². The number of amides is 1. The SMILES string of the molecule is O=C(Nc1ccc(C(F)(F)F)nc1)c1csc(I)c1. The van der Waals surface area contributed by atoms with Gasteiger partial charge in [0.1, 0.15) is 5.69 Å². The number of nitrogens with one attached hydrogen (secondary N) is 1. The number of thiophene rings is 1. The number of carbonyl (C=O) groups is 1. The zero-order valence-corrected chi connectivity index (χ0v) is 12.1. The first-order valence-electron chi connectivity index (χ1n) is 4.95. The van der Waals surface area contributed by atoms with Crippen molar-refractivity contribution in [3.63, 3.8) is 0 Å². The number of nitrogens with zero attached hydrogens (tertiary/aromatic N) is 1. The summed E-state index contributed by atoms with van der Waals surface area (Å²) in [6.45, 7) is 0. The normalized spacial score (nSPS) is 11.4. The first-order valence-corrected chi connectivity index (χ1v) is 6.91. The van der Waals surface area contributed by atoms with Crippen LogP contribution < -0.4 is 5.32 Å². The van der Waals surface area contributed by atoms with Crippen LogP contribution in [0.25, 0.3) is 0 Å². The summed E-state index contributed by atoms with van der Waals surface area (Å²) in [5, 5.41) is 4.16. The smallest absolute Gasteiger partial charge is 0.321 e. The summed E-state index contributed by atoms with van der Waals surface area (Å²) in [5.41, 5.74) is -0.302. The maximum absolute atomic E-state index is 12.3. The highest BCUT2D eigenvalue weighted by Crippen LogP contribution is 2.28. The Hall–Kier alpha value is -1.16. The van der Waals surface area contributed by atoms with Crippen molar-refractivity contribution in [2.45, 2.75) is 6.18 Å². The number of alkyl halides is 3. The molecular weight excluding hydrogens is 392 g/mol. The van der Waals surface area contributed by atoms with E-state index in [1.54, 1.807) is 11.4 Å². The van der Waals surface area contributed by atoms with Crippen molar-refractivity contribution in [3.8, 4) is 0 Å². The molecule has 3 nitrogen and oxygen atoms in total. The van der Waals surface area contributed by atoms with E-state index in [1.807, 2.05) is 0 Å². The van der Waals surface area contributed by atoms with Crippen LogP contribution in [0.5, 0.6) is 0 Å². The molecule has 0 aliphatic carbocycles. The molecular formula is C11H6F3IN2OS. The molecule has 19 heavy (non-hydrogen) atoms. The Labute approximate surface area is 124 Å². The van der Waals surface area contributed by atoms with E-state index in [0.717, 1.165) is 15.1 Å². The van der Waals surface area contributed by atoms with E-state index in [4.69, 9.17) is 0 Å². The summed E-state index contributed by atoms with van der Waals surface area (Å²) in [6, 6.07) is 3.69. The first kappa shape index (κ1) is 14.3. The highest BCUT2D eigenvalue weighted by atomic mass is 127. The molecule has 1 N–H and O–H groups in total. The zero-order chi connectivity index (χ0) is 14.0. The van der Waals surface area contributed by atoms with Gasteiger partial charge in [-0.1, -0.05) is 0 Å². The molecule has 0 unspecified atom stereocenters. The van der Waals surface area contributed by atoms with Crippen molar-refractivity contribution < 1.29 is 18.0 Å². The van der Waals surface area contributed by atoms with Crippen molar-refractivity contribution >= 4 is 45.5 Å². The molecule has 1 amide bonds. The molecule has 8 heteroatoms. The highest BCUT2D eigenvalue weighted by molar-refractivity contribution is 14.1. The van der Waals surface area contributed by atoms with Crippen molar-refractivity contribution in [1.29, 1.82) is 0 Å². The largest absolute Gasteiger partial charge is 0.433 e. The van der Waals surface area contributed by atoms with Crippen LogP contribution in [-0.2, 0) is 6.18 Å². The molecule has 0 aliphatic rings. The molecule has 2 heterocycles. The predicted octanol–water partition coefficient (Wildman–Crippen LogP) is 4.02. The molecule has 0 bridgehead atoms. The van der Waals surface area contributed by atoms with Crippen molar-refractivity contribution in [3.05, 3.63) is 43.9 Å². The van der Waals surface area contributed by atoms with Gasteiger partial charge in [-0.25, -0.2) is 4.98 Å². The van der Waals surface area contributed by atoms with Gasteiger partial charge in [0, 0.05) is 5.38 Å². The molecule has 2 aromatic rings. The number of aromatic nitrogens is 1. The second-order valence-corrected chi connectivity index (χ2v) is 6.33. The van der Waals surface area contributed by atoms with E-state index in [-0.39, 0.29) is 11.6 Å². The van der Waals surface area contributed by atoms with E-state index in [0.29, 0.717) is 5.56 Å². The van der Waals surface area contributed by atoms with Gasteiger partial charge in [0.25, 0.3) is 5.91 Å². The lowest BCUT2D eigenvalue weighted by Gasteiger charge is -2.07. The third-order valence-corrected chi connectivity index (χ3v) is 3.93. The zero-order valence-electron chi connectivity index (χ0n) is 9.16. The van der Waals surface area contributed by atoms with Crippen LogP contribution in [0.2, 0.25) is 0 Å². The van der Waals surface area contributed by atoms with Crippen LogP contribution in [0.15, 0.2) is 29.8 Å². The summed E-state index contributed by atoms with van der Waals surface area (Å²) < 4.78 is 37.9. The quantitative estimate of drug-likeness (QED) is 0.777. The standard InChI is InChI=1S/C11H6F3IN2OS/c12-11(13,14)8-2-1-7(4-16-8)17-10(18)6-3-9(15)19-5-6/h1-5H,(H,17,18). The minimum Gasteiger partial charge on any atom is -0.321 e. The minimum absolute atomic E-state index is 0.221. The Balaban J connectivity index is 2.10. The number of pyridine rings is 1. The number of rotatable bonds is 2. The predicted molar refractivity (Wildman–Crippen MR) is 74.2 cm³/mol. The highest BCUT2D eigenvalue weighted by Gasteiger charge is 2.32. The second kappa shape index (κ2) is 5.45. The third kappa shape index (κ3) is 3.66. The van der Waals surface area contributed by atoms with Gasteiger partial charge in [0.2, 0.25) is 0 Å². The lowest BCUT2D eigenvalue weighted by Crippen LogP contribution is -2.12. The summed E-state index contributed by atoms with van der Waals surface area (Å²) in [6.07, 6.45) is -3.50. The fourth-order valence-corrected chi connectivity index (χ4v) is 2.59. The van der Waals surface area contributed by atoms with Gasteiger partial charge in [-0.2, -0.15) is 13.2 Å². The Morgan fingerprint density at radius 1 is 1.37 bits per heavy atom. The van der Waals surface area contributed by atoms with Gasteiger partial charge in [-0.05, 0) is 40.8 Å². The van der Waals surface area contributed by atoms with Gasteiger partial charge in [0.15, 0.2) is 0 Å². The number of hydrogen-bond acceptors (Lipinski definition) is 3. The maximum atomic E-state index is 12.3. The molecule has 2 aromatic heterocycles. The molecule has 0 aromatic carbocycles. The molecule has 0 fully saturated rings. The van der Waals surface area contributed by atoms with E-state index >= 15 is 0 Å². The lowest BCUT2D eigenvalue weighted by molar-refractivity contribution is -0.141. The van der Waals surface area contributed by atoms with Gasteiger partial charge in [0.05, 0.1) is 20.3 Å². The van der Waals surface area contributed by atoms with Crippen molar-refractivity contribution in [2.75, 3.05) is 5.32 Å². The second-order valence-electron chi connectivity index (χ2n) is 3.52. The van der Waals surface area contributed by atoms with Crippen LogP contribution in [0.4, 0.5) is 18.9 Å². The molecule has 100 valence electrons. The van der Waals surface area contributed by atoms with Crippen LogP contribution in [-0.4, -0.2) is 10.9 Å². The average Bonchev–Trinajstić information content (AvgIpc) is 2.75. The molecule has 0 saturated heterocycles. The molecule has 0 spiro atoms. The Morgan fingerprint density at radius 3 is 2.58 bits per heavy atom. The van der Waals surface area contributed by atoms with Crippen LogP contribution in [0.1, 0.15) is 16.1 Å². The Morgan fingerprint density at radius 2 is 2.11 bits per heavy atom. The maximum Gasteiger partial charge on any atom is 0.433 e. The Bertz CT molecular complexity index is 595. The molecule has 2 rings (SSSR count). The number of halogens is 4. The minimum atomic E-state index is -4.48. The summed E-state index contributed by atoms with van der Waals surface area (Å²) in [4.78, 5) is 15.0. The Kier molecular flexibility index (Phi) is 4.09. The first-order chi connectivity index (χ1) is 8.86. The van der Waals surface area contributed by atoms with Crippen molar-refractivity contribution in [2.24, 2.45) is 0 Å². The summed E-state index contributed by atoms with van der Waals surface area (Å²) in [5.74, 6) is -0.374. The average molecular weight is 398 g/mol. The monoisotopic (exact) mass is 398 g/mol. The van der Waals surface area contributed by atoms with Gasteiger partial charge < -0.3 is 5.32 Å². The summed E-state index contributed by atoms with van der Waals surface area (Å²) >= 11 is 3.49. The topological polar surface area (TPSA) is 42.0 Å². The van der Waals surface area contributed by atoms with Crippen LogP contribution in [0, 0.1) is 2.88 Å². The third-order valence-electron chi connectivity index (χ3n) is 2.14. The van der Waals surface area contributed by atoms with Crippen LogP contribution in [0.3, 0.4) is 0 Å². The molecule has 0 aliphatic heterocycles. The number of hydrogen-bond donors (Lipinski definition) is 1. The molecule has 0 saturated carbocycles. The summed E-state index contributed by atoms with van der Waals surface area (Å²) in [7, 11) is 0. The lowest BCUT2D eigenvalue weighted by atomic mass is 10.3. The number of carbonyl (C=O) groups excluding carboxylic acids is 1. The van der Waals surface area contributed by atoms with Gasteiger partial charge >= 0.3 is 6.18 Å². The number of anilines is 1. The van der Waals surface area contributed by atoms with E-state index in [2.05, 4.69) is 32.9 Å². The van der Waals surface area contributed by atoms with Crippen LogP contribution >= 0.6 is 33.9 Å². The fourth-order valence-electron chi connectivity index (χ4n) is 1.27. The van der Waals surface area contributed by atoms with Gasteiger partial charge in [-0.3, -0.25) is 4.79 Å². The fraction of sp³-hybridized carbons (Fsp3) is 0.0909. The van der Waals surface area contributed by atoms with Gasteiger partial charge in [-0.15, -0.1) is 11.3 Å². The van der Waals surface area contributed by atoms with Crippen molar-refractivity contribution in [1.82, 2.24) is 4.98 Å². The van der Waals surface area contributed by atoms with E-state index in [9.17, 15) is 18.0 Å². The molecule has 0 atom stereocenters. The molecule has 0 radical (unpaired) electrons. The van der Waals surface area contributed by atoms with E-state index < -0.39 is 11.9 Å².